The SMILES string of the molecule is O=C1NCC/C(=N\Nc2ccccn2)c2cc(-c3ccccc3)[nH]c21. The predicted molar refractivity (Wildman–Crippen MR) is 97.6 cm³/mol. The molecule has 6 heteroatoms. The minimum Gasteiger partial charge on any atom is -0.350 e. The molecule has 1 aromatic carbocycles. The van der Waals surface area contributed by atoms with E-state index in [0.717, 1.165) is 22.5 Å². The number of rotatable bonds is 3. The van der Waals surface area contributed by atoms with E-state index in [1.165, 1.54) is 0 Å². The van der Waals surface area contributed by atoms with Gasteiger partial charge in [-0.1, -0.05) is 36.4 Å². The van der Waals surface area contributed by atoms with Gasteiger partial charge in [-0.25, -0.2) is 4.98 Å². The van der Waals surface area contributed by atoms with Gasteiger partial charge in [-0.15, -0.1) is 0 Å². The van der Waals surface area contributed by atoms with Crippen molar-refractivity contribution in [2.24, 2.45) is 5.10 Å². The zero-order chi connectivity index (χ0) is 17.1. The monoisotopic (exact) mass is 331 g/mol. The Kier molecular flexibility index (Phi) is 4.00. The van der Waals surface area contributed by atoms with Crippen LogP contribution in [-0.4, -0.2) is 28.1 Å². The van der Waals surface area contributed by atoms with Gasteiger partial charge in [0.15, 0.2) is 0 Å². The zero-order valence-corrected chi connectivity index (χ0v) is 13.5. The van der Waals surface area contributed by atoms with E-state index in [1.54, 1.807) is 6.20 Å². The standard InChI is InChI=1S/C19H17N5O/c25-19-18-14(12-16(22-18)13-6-2-1-3-7-13)15(9-11-21-19)23-24-17-8-4-5-10-20-17/h1-8,10,12,22H,9,11H2,(H,20,24)(H,21,25)/b23-15+. The molecular formula is C19H17N5O. The van der Waals surface area contributed by atoms with Gasteiger partial charge in [0.2, 0.25) is 0 Å². The van der Waals surface area contributed by atoms with E-state index in [-0.39, 0.29) is 5.91 Å². The highest BCUT2D eigenvalue weighted by Gasteiger charge is 2.23. The van der Waals surface area contributed by atoms with Gasteiger partial charge in [0.05, 0.1) is 5.71 Å². The molecule has 0 fully saturated rings. The first-order valence-electron chi connectivity index (χ1n) is 8.12. The highest BCUT2D eigenvalue weighted by molar-refractivity contribution is 6.12. The summed E-state index contributed by atoms with van der Waals surface area (Å²) in [7, 11) is 0. The van der Waals surface area contributed by atoms with Crippen LogP contribution in [0.5, 0.6) is 0 Å². The number of amides is 1. The highest BCUT2D eigenvalue weighted by atomic mass is 16.1. The fraction of sp³-hybridized carbons (Fsp3) is 0.105. The summed E-state index contributed by atoms with van der Waals surface area (Å²) in [5, 5.41) is 7.39. The lowest BCUT2D eigenvalue weighted by atomic mass is 10.1. The third-order valence-electron chi connectivity index (χ3n) is 4.06. The summed E-state index contributed by atoms with van der Waals surface area (Å²) in [6.07, 6.45) is 2.35. The molecule has 6 nitrogen and oxygen atoms in total. The van der Waals surface area contributed by atoms with Crippen LogP contribution in [0.25, 0.3) is 11.3 Å². The Morgan fingerprint density at radius 1 is 1.08 bits per heavy atom. The summed E-state index contributed by atoms with van der Waals surface area (Å²) < 4.78 is 0. The number of carbonyl (C=O) groups is 1. The average Bonchev–Trinajstić information content (AvgIpc) is 3.05. The smallest absolute Gasteiger partial charge is 0.268 e. The van der Waals surface area contributed by atoms with Crippen molar-refractivity contribution in [2.75, 3.05) is 12.0 Å². The first kappa shape index (κ1) is 15.1. The van der Waals surface area contributed by atoms with Gasteiger partial charge in [0, 0.05) is 30.4 Å². The van der Waals surface area contributed by atoms with Crippen LogP contribution in [0.1, 0.15) is 22.5 Å². The van der Waals surface area contributed by atoms with E-state index in [1.807, 2.05) is 54.6 Å². The lowest BCUT2D eigenvalue weighted by Gasteiger charge is -2.04. The Morgan fingerprint density at radius 2 is 1.92 bits per heavy atom. The third kappa shape index (κ3) is 3.14. The van der Waals surface area contributed by atoms with Crippen LogP contribution in [0.15, 0.2) is 65.9 Å². The molecule has 0 radical (unpaired) electrons. The van der Waals surface area contributed by atoms with Crippen molar-refractivity contribution in [1.29, 1.82) is 0 Å². The van der Waals surface area contributed by atoms with Crippen molar-refractivity contribution in [3.05, 3.63) is 72.1 Å². The number of hydrazone groups is 1. The summed E-state index contributed by atoms with van der Waals surface area (Å²) in [6.45, 7) is 0.546. The molecule has 1 aliphatic heterocycles. The number of benzene rings is 1. The van der Waals surface area contributed by atoms with E-state index in [2.05, 4.69) is 25.8 Å². The van der Waals surface area contributed by atoms with E-state index in [4.69, 9.17) is 0 Å². The van der Waals surface area contributed by atoms with Crippen LogP contribution in [0.3, 0.4) is 0 Å². The van der Waals surface area contributed by atoms with Gasteiger partial charge in [-0.2, -0.15) is 5.10 Å². The van der Waals surface area contributed by atoms with Crippen LogP contribution in [0.4, 0.5) is 5.82 Å². The van der Waals surface area contributed by atoms with Crippen molar-refractivity contribution in [1.82, 2.24) is 15.3 Å². The molecule has 1 aliphatic rings. The Morgan fingerprint density at radius 3 is 2.72 bits per heavy atom. The Bertz CT molecular complexity index is 916. The van der Waals surface area contributed by atoms with Crippen LogP contribution < -0.4 is 10.7 Å². The molecule has 0 aliphatic carbocycles. The molecule has 0 atom stereocenters. The topological polar surface area (TPSA) is 82.2 Å². The molecule has 0 spiro atoms. The number of hydrogen-bond donors (Lipinski definition) is 3. The second-order valence-corrected chi connectivity index (χ2v) is 5.73. The van der Waals surface area contributed by atoms with Crippen molar-refractivity contribution in [3.8, 4) is 11.3 Å². The highest BCUT2D eigenvalue weighted by Crippen LogP contribution is 2.24. The zero-order valence-electron chi connectivity index (χ0n) is 13.5. The number of H-pyrrole nitrogens is 1. The lowest BCUT2D eigenvalue weighted by Crippen LogP contribution is -2.23. The van der Waals surface area contributed by atoms with E-state index in [9.17, 15) is 4.79 Å². The maximum absolute atomic E-state index is 12.3. The van der Waals surface area contributed by atoms with Crippen molar-refractivity contribution in [3.63, 3.8) is 0 Å². The molecule has 25 heavy (non-hydrogen) atoms. The number of nitrogens with zero attached hydrogens (tertiary/aromatic N) is 2. The summed E-state index contributed by atoms with van der Waals surface area (Å²) in [5.74, 6) is 0.555. The number of nitrogens with one attached hydrogen (secondary N) is 3. The summed E-state index contributed by atoms with van der Waals surface area (Å²) >= 11 is 0. The summed E-state index contributed by atoms with van der Waals surface area (Å²) in [6, 6.07) is 17.5. The second kappa shape index (κ2) is 6.60. The Labute approximate surface area is 145 Å². The first-order valence-corrected chi connectivity index (χ1v) is 8.12. The Hall–Kier alpha value is -3.41. The second-order valence-electron chi connectivity index (χ2n) is 5.73. The van der Waals surface area contributed by atoms with Crippen LogP contribution in [0.2, 0.25) is 0 Å². The largest absolute Gasteiger partial charge is 0.350 e. The van der Waals surface area contributed by atoms with E-state index >= 15 is 0 Å². The molecule has 0 unspecified atom stereocenters. The number of aromatic amines is 1. The van der Waals surface area contributed by atoms with Crippen molar-refractivity contribution >= 4 is 17.4 Å². The first-order chi connectivity index (χ1) is 12.3. The molecule has 4 rings (SSSR count). The molecule has 0 saturated heterocycles. The minimum atomic E-state index is -0.111. The molecule has 1 amide bonds. The molecule has 3 aromatic rings. The molecular weight excluding hydrogens is 314 g/mol. The molecule has 0 saturated carbocycles. The van der Waals surface area contributed by atoms with Crippen LogP contribution >= 0.6 is 0 Å². The normalized spacial score (nSPS) is 15.4. The predicted octanol–water partition coefficient (Wildman–Crippen LogP) is 3.03. The lowest BCUT2D eigenvalue weighted by molar-refractivity contribution is 0.0952. The number of fused-ring (bicyclic) bond motifs is 1. The third-order valence-corrected chi connectivity index (χ3v) is 4.06. The number of hydrogen-bond acceptors (Lipinski definition) is 4. The van der Waals surface area contributed by atoms with Gasteiger partial charge in [-0.3, -0.25) is 10.2 Å². The summed E-state index contributed by atoms with van der Waals surface area (Å²) in [4.78, 5) is 19.8. The van der Waals surface area contributed by atoms with Gasteiger partial charge >= 0.3 is 0 Å². The molecule has 0 bridgehead atoms. The van der Waals surface area contributed by atoms with Crippen molar-refractivity contribution < 1.29 is 4.79 Å². The molecule has 2 aromatic heterocycles. The molecule has 3 heterocycles. The van der Waals surface area contributed by atoms with Crippen molar-refractivity contribution in [2.45, 2.75) is 6.42 Å². The fourth-order valence-electron chi connectivity index (χ4n) is 2.82. The maximum Gasteiger partial charge on any atom is 0.268 e. The minimum absolute atomic E-state index is 0.111. The molecule has 124 valence electrons. The number of pyridine rings is 1. The average molecular weight is 331 g/mol. The number of carbonyl (C=O) groups excluding carboxylic acids is 1. The summed E-state index contributed by atoms with van der Waals surface area (Å²) in [5.41, 5.74) is 7.07. The number of anilines is 1. The maximum atomic E-state index is 12.3. The van der Waals surface area contributed by atoms with Crippen LogP contribution in [0, 0.1) is 0 Å². The van der Waals surface area contributed by atoms with Gasteiger partial charge in [-0.05, 0) is 23.8 Å². The van der Waals surface area contributed by atoms with Gasteiger partial charge < -0.3 is 10.3 Å². The van der Waals surface area contributed by atoms with E-state index < -0.39 is 0 Å². The molecule has 3 N–H and O–H groups in total. The van der Waals surface area contributed by atoms with E-state index in [0.29, 0.717) is 24.5 Å². The van der Waals surface area contributed by atoms with Gasteiger partial charge in [0.1, 0.15) is 11.5 Å². The quantitative estimate of drug-likeness (QED) is 0.645. The van der Waals surface area contributed by atoms with Crippen LogP contribution in [-0.2, 0) is 0 Å². The Balaban J connectivity index is 1.72. The fourth-order valence-corrected chi connectivity index (χ4v) is 2.82. The van der Waals surface area contributed by atoms with Gasteiger partial charge in [0.25, 0.3) is 5.91 Å². The number of aromatic nitrogens is 2.